The number of carbonyl (C=O) groups excluding carboxylic acids is 1. The molecule has 0 bridgehead atoms. The maximum atomic E-state index is 11.4. The third-order valence-electron chi connectivity index (χ3n) is 2.35. The zero-order chi connectivity index (χ0) is 12.8. The van der Waals surface area contributed by atoms with Gasteiger partial charge in [-0.1, -0.05) is 25.7 Å². The van der Waals surface area contributed by atoms with Crippen LogP contribution in [0.1, 0.15) is 48.7 Å². The Labute approximate surface area is 107 Å². The number of nitrogens with zero attached hydrogens (tertiary/aromatic N) is 1. The van der Waals surface area contributed by atoms with Crippen LogP contribution < -0.4 is 0 Å². The Bertz CT molecular complexity index is 488. The van der Waals surface area contributed by atoms with Crippen molar-refractivity contribution < 1.29 is 4.79 Å². The summed E-state index contributed by atoms with van der Waals surface area (Å²) in [6.45, 7) is 7.61. The predicted molar refractivity (Wildman–Crippen MR) is 74.5 cm³/mol. The molecular formula is C14H17NOS. The molecule has 0 aliphatic heterocycles. The first-order valence-corrected chi connectivity index (χ1v) is 6.55. The maximum Gasteiger partial charge on any atom is 0.171 e. The average Bonchev–Trinajstić information content (AvgIpc) is 2.70. The molecular weight excluding hydrogens is 230 g/mol. The van der Waals surface area contributed by atoms with E-state index in [0.29, 0.717) is 10.8 Å². The summed E-state index contributed by atoms with van der Waals surface area (Å²) in [5, 5.41) is 0. The molecule has 0 saturated carbocycles. The molecule has 0 radical (unpaired) electrons. The van der Waals surface area contributed by atoms with Gasteiger partial charge in [-0.2, -0.15) is 0 Å². The van der Waals surface area contributed by atoms with E-state index < -0.39 is 0 Å². The van der Waals surface area contributed by atoms with Gasteiger partial charge in [0, 0.05) is 19.1 Å². The van der Waals surface area contributed by atoms with E-state index in [1.165, 1.54) is 11.3 Å². The Hall–Kier alpha value is -1.40. The second kappa shape index (κ2) is 6.36. The van der Waals surface area contributed by atoms with Crippen molar-refractivity contribution in [3.05, 3.63) is 15.8 Å². The highest BCUT2D eigenvalue weighted by Gasteiger charge is 2.10. The predicted octanol–water partition coefficient (Wildman–Crippen LogP) is 4.07. The van der Waals surface area contributed by atoms with Gasteiger partial charge in [0.15, 0.2) is 5.78 Å². The third-order valence-corrected chi connectivity index (χ3v) is 3.50. The van der Waals surface area contributed by atoms with Crippen LogP contribution in [0.25, 0.3) is 0 Å². The van der Waals surface area contributed by atoms with Crippen LogP contribution in [0, 0.1) is 17.8 Å². The lowest BCUT2D eigenvalue weighted by atomic mass is 10.1. The SMILES string of the molecule is CC=Nc1cc(C#CC(C)CC)sc1C(C)=O. The Kier molecular flexibility index (Phi) is 5.11. The molecule has 0 aliphatic carbocycles. The minimum Gasteiger partial charge on any atom is -0.294 e. The molecule has 1 aromatic rings. The van der Waals surface area contributed by atoms with Gasteiger partial charge in [-0.25, -0.2) is 0 Å². The number of aliphatic imine (C=N–C) groups is 1. The number of rotatable bonds is 3. The van der Waals surface area contributed by atoms with E-state index in [2.05, 4.69) is 30.7 Å². The molecule has 0 saturated heterocycles. The lowest BCUT2D eigenvalue weighted by Crippen LogP contribution is -1.85. The standard InChI is InChI=1S/C14H17NOS/c1-5-10(3)7-8-12-9-13(15-6-2)14(17-12)11(4)16/h6,9-10H,5H2,1-4H3. The molecule has 0 spiro atoms. The molecule has 0 N–H and O–H groups in total. The molecule has 3 heteroatoms. The Morgan fingerprint density at radius 2 is 2.35 bits per heavy atom. The molecule has 1 rings (SSSR count). The van der Waals surface area contributed by atoms with E-state index >= 15 is 0 Å². The van der Waals surface area contributed by atoms with Gasteiger partial charge in [0.2, 0.25) is 0 Å². The van der Waals surface area contributed by atoms with Gasteiger partial charge < -0.3 is 0 Å². The summed E-state index contributed by atoms with van der Waals surface area (Å²) < 4.78 is 0. The van der Waals surface area contributed by atoms with Crippen LogP contribution in [0.15, 0.2) is 11.1 Å². The highest BCUT2D eigenvalue weighted by atomic mass is 32.1. The fourth-order valence-corrected chi connectivity index (χ4v) is 2.09. The molecule has 0 amide bonds. The summed E-state index contributed by atoms with van der Waals surface area (Å²) in [6, 6.07) is 1.89. The van der Waals surface area contributed by atoms with Crippen molar-refractivity contribution >= 4 is 29.0 Å². The first kappa shape index (κ1) is 13.7. The Balaban J connectivity index is 3.06. The maximum absolute atomic E-state index is 11.4. The fraction of sp³-hybridized carbons (Fsp3) is 0.429. The van der Waals surface area contributed by atoms with E-state index in [1.807, 2.05) is 13.0 Å². The van der Waals surface area contributed by atoms with Crippen molar-refractivity contribution in [2.45, 2.75) is 34.1 Å². The van der Waals surface area contributed by atoms with Crippen LogP contribution in [0.4, 0.5) is 5.69 Å². The van der Waals surface area contributed by atoms with Crippen LogP contribution in [0.5, 0.6) is 0 Å². The van der Waals surface area contributed by atoms with Crippen molar-refractivity contribution in [2.24, 2.45) is 10.9 Å². The summed E-state index contributed by atoms with van der Waals surface area (Å²) in [4.78, 5) is 17.2. The average molecular weight is 247 g/mol. The van der Waals surface area contributed by atoms with Crippen LogP contribution in [0.3, 0.4) is 0 Å². The Morgan fingerprint density at radius 1 is 1.65 bits per heavy atom. The topological polar surface area (TPSA) is 29.4 Å². The van der Waals surface area contributed by atoms with E-state index in [1.54, 1.807) is 13.1 Å². The van der Waals surface area contributed by atoms with E-state index in [4.69, 9.17) is 0 Å². The number of Topliss-reactive ketones (excluding diaryl/α,β-unsaturated/α-hetero) is 1. The molecule has 2 nitrogen and oxygen atoms in total. The number of hydrogen-bond donors (Lipinski definition) is 0. The molecule has 0 fully saturated rings. The number of ketones is 1. The molecule has 0 aromatic carbocycles. The summed E-state index contributed by atoms with van der Waals surface area (Å²) >= 11 is 1.42. The largest absolute Gasteiger partial charge is 0.294 e. The van der Waals surface area contributed by atoms with Crippen LogP contribution in [0.2, 0.25) is 0 Å². The van der Waals surface area contributed by atoms with E-state index in [-0.39, 0.29) is 5.78 Å². The van der Waals surface area contributed by atoms with Gasteiger partial charge >= 0.3 is 0 Å². The quantitative estimate of drug-likeness (QED) is 0.450. The molecule has 90 valence electrons. The van der Waals surface area contributed by atoms with Gasteiger partial charge in [-0.3, -0.25) is 9.79 Å². The van der Waals surface area contributed by atoms with Crippen molar-refractivity contribution in [1.29, 1.82) is 0 Å². The second-order valence-corrected chi connectivity index (χ2v) is 4.90. The van der Waals surface area contributed by atoms with Crippen LogP contribution >= 0.6 is 11.3 Å². The normalized spacial score (nSPS) is 12.2. The van der Waals surface area contributed by atoms with E-state index in [9.17, 15) is 4.79 Å². The first-order chi connectivity index (χ1) is 8.08. The minimum absolute atomic E-state index is 0.0483. The number of hydrogen-bond acceptors (Lipinski definition) is 3. The number of thiophene rings is 1. The lowest BCUT2D eigenvalue weighted by molar-refractivity contribution is 0.102. The third kappa shape index (κ3) is 3.83. The molecule has 1 unspecified atom stereocenters. The van der Waals surface area contributed by atoms with Crippen molar-refractivity contribution in [3.8, 4) is 11.8 Å². The molecule has 1 atom stereocenters. The first-order valence-electron chi connectivity index (χ1n) is 5.73. The number of carbonyl (C=O) groups is 1. The Morgan fingerprint density at radius 3 is 2.88 bits per heavy atom. The van der Waals surface area contributed by atoms with Crippen LogP contribution in [-0.2, 0) is 0 Å². The summed E-state index contributed by atoms with van der Waals surface area (Å²) in [5.74, 6) is 6.71. The van der Waals surface area contributed by atoms with Gasteiger partial charge in [0.25, 0.3) is 0 Å². The summed E-state index contributed by atoms with van der Waals surface area (Å²) in [6.07, 6.45) is 2.73. The van der Waals surface area contributed by atoms with Gasteiger partial charge in [-0.05, 0) is 19.4 Å². The summed E-state index contributed by atoms with van der Waals surface area (Å²) in [7, 11) is 0. The smallest absolute Gasteiger partial charge is 0.171 e. The van der Waals surface area contributed by atoms with Gasteiger partial charge in [0.05, 0.1) is 15.4 Å². The lowest BCUT2D eigenvalue weighted by Gasteiger charge is -1.93. The van der Waals surface area contributed by atoms with Crippen LogP contribution in [-0.4, -0.2) is 12.0 Å². The molecule has 17 heavy (non-hydrogen) atoms. The monoisotopic (exact) mass is 247 g/mol. The van der Waals surface area contributed by atoms with Crippen molar-refractivity contribution in [1.82, 2.24) is 0 Å². The minimum atomic E-state index is 0.0483. The van der Waals surface area contributed by atoms with Crippen molar-refractivity contribution in [2.75, 3.05) is 0 Å². The molecule has 1 heterocycles. The van der Waals surface area contributed by atoms with Crippen molar-refractivity contribution in [3.63, 3.8) is 0 Å². The summed E-state index contributed by atoms with van der Waals surface area (Å²) in [5.41, 5.74) is 0.735. The highest BCUT2D eigenvalue weighted by molar-refractivity contribution is 7.15. The molecule has 0 aliphatic rings. The zero-order valence-corrected chi connectivity index (χ0v) is 11.5. The van der Waals surface area contributed by atoms with E-state index in [0.717, 1.165) is 17.0 Å². The van der Waals surface area contributed by atoms with Gasteiger partial charge in [-0.15, -0.1) is 11.3 Å². The fourth-order valence-electron chi connectivity index (χ4n) is 1.23. The zero-order valence-electron chi connectivity index (χ0n) is 10.7. The highest BCUT2D eigenvalue weighted by Crippen LogP contribution is 2.29. The second-order valence-electron chi connectivity index (χ2n) is 3.85. The molecule has 1 aromatic heterocycles. The van der Waals surface area contributed by atoms with Gasteiger partial charge in [0.1, 0.15) is 0 Å².